The third-order valence-electron chi connectivity index (χ3n) is 5.08. The van der Waals surface area contributed by atoms with Gasteiger partial charge in [0.05, 0.1) is 27.2 Å². The van der Waals surface area contributed by atoms with E-state index >= 15 is 0 Å². The van der Waals surface area contributed by atoms with E-state index in [0.29, 0.717) is 5.92 Å². The average Bonchev–Trinajstić information content (AvgIpc) is 2.94. The zero-order chi connectivity index (χ0) is 14.4. The van der Waals surface area contributed by atoms with Gasteiger partial charge in [-0.2, -0.15) is 0 Å². The van der Waals surface area contributed by atoms with E-state index in [2.05, 4.69) is 32.7 Å². The van der Waals surface area contributed by atoms with E-state index in [9.17, 15) is 0 Å². The average molecular weight is 293 g/mol. The summed E-state index contributed by atoms with van der Waals surface area (Å²) in [6, 6.07) is 0. The molecule has 0 bridgehead atoms. The van der Waals surface area contributed by atoms with Gasteiger partial charge in [-0.1, -0.05) is 19.3 Å². The van der Waals surface area contributed by atoms with Crippen molar-refractivity contribution in [2.45, 2.75) is 76.9 Å². The van der Waals surface area contributed by atoms with Crippen molar-refractivity contribution in [1.82, 2.24) is 4.98 Å². The number of thiazole rings is 1. The van der Waals surface area contributed by atoms with Gasteiger partial charge in [-0.25, -0.2) is 4.98 Å². The van der Waals surface area contributed by atoms with Crippen LogP contribution in [0.2, 0.25) is 0 Å². The van der Waals surface area contributed by atoms with E-state index in [4.69, 9.17) is 9.31 Å². The van der Waals surface area contributed by atoms with Crippen LogP contribution < -0.4 is 4.78 Å². The molecule has 1 aliphatic heterocycles. The maximum atomic E-state index is 6.19. The maximum Gasteiger partial charge on any atom is 0.507 e. The maximum absolute atomic E-state index is 6.19. The molecule has 1 saturated carbocycles. The van der Waals surface area contributed by atoms with Crippen molar-refractivity contribution in [3.63, 3.8) is 0 Å². The minimum Gasteiger partial charge on any atom is -0.399 e. The largest absolute Gasteiger partial charge is 0.507 e. The lowest BCUT2D eigenvalue weighted by Gasteiger charge is -2.32. The van der Waals surface area contributed by atoms with Crippen molar-refractivity contribution >= 4 is 23.2 Å². The number of hydrogen-bond donors (Lipinski definition) is 0. The second-order valence-corrected chi connectivity index (χ2v) is 7.91. The molecule has 1 aliphatic carbocycles. The fourth-order valence-electron chi connectivity index (χ4n) is 3.07. The first-order valence-electron chi connectivity index (χ1n) is 7.70. The summed E-state index contributed by atoms with van der Waals surface area (Å²) in [5, 5.41) is 0. The first-order valence-corrected chi connectivity index (χ1v) is 8.57. The van der Waals surface area contributed by atoms with Gasteiger partial charge in [0.25, 0.3) is 0 Å². The summed E-state index contributed by atoms with van der Waals surface area (Å²) in [5.41, 5.74) is 2.63. The van der Waals surface area contributed by atoms with Gasteiger partial charge in [0.15, 0.2) is 0 Å². The minimum absolute atomic E-state index is 0.246. The van der Waals surface area contributed by atoms with Crippen molar-refractivity contribution in [3.05, 3.63) is 11.2 Å². The Morgan fingerprint density at radius 3 is 2.30 bits per heavy atom. The zero-order valence-corrected chi connectivity index (χ0v) is 13.8. The van der Waals surface area contributed by atoms with Crippen molar-refractivity contribution < 1.29 is 9.31 Å². The molecule has 20 heavy (non-hydrogen) atoms. The molecule has 2 aliphatic rings. The van der Waals surface area contributed by atoms with Crippen LogP contribution in [0.5, 0.6) is 0 Å². The molecule has 0 unspecified atom stereocenters. The van der Waals surface area contributed by atoms with Crippen LogP contribution in [-0.2, 0) is 9.31 Å². The fraction of sp³-hybridized carbons (Fsp3) is 0.800. The van der Waals surface area contributed by atoms with Gasteiger partial charge >= 0.3 is 7.12 Å². The second kappa shape index (κ2) is 5.11. The van der Waals surface area contributed by atoms with Crippen molar-refractivity contribution in [2.75, 3.05) is 0 Å². The van der Waals surface area contributed by atoms with E-state index in [0.717, 1.165) is 0 Å². The first kappa shape index (κ1) is 14.5. The van der Waals surface area contributed by atoms with Crippen LogP contribution in [0.25, 0.3) is 0 Å². The Kier molecular flexibility index (Phi) is 3.72. The summed E-state index contributed by atoms with van der Waals surface area (Å²) in [4.78, 5) is 4.64. The predicted octanol–water partition coefficient (Wildman–Crippen LogP) is 3.49. The van der Waals surface area contributed by atoms with Gasteiger partial charge in [0.2, 0.25) is 0 Å². The Morgan fingerprint density at radius 2 is 1.70 bits per heavy atom. The Hall–Kier alpha value is -0.385. The summed E-state index contributed by atoms with van der Waals surface area (Å²) >= 11 is 1.68. The third kappa shape index (κ3) is 2.44. The van der Waals surface area contributed by atoms with Gasteiger partial charge in [-0.3, -0.25) is 0 Å². The highest BCUT2D eigenvalue weighted by atomic mass is 32.1. The van der Waals surface area contributed by atoms with Gasteiger partial charge in [-0.05, 0) is 40.5 Å². The van der Waals surface area contributed by atoms with Gasteiger partial charge < -0.3 is 9.31 Å². The van der Waals surface area contributed by atoms with Crippen molar-refractivity contribution in [3.8, 4) is 0 Å². The Labute approximate surface area is 126 Å². The summed E-state index contributed by atoms with van der Waals surface area (Å²) in [6.45, 7) is 8.42. The lowest BCUT2D eigenvalue weighted by molar-refractivity contribution is 0.00578. The Balaban J connectivity index is 1.84. The van der Waals surface area contributed by atoms with Crippen LogP contribution in [0.3, 0.4) is 0 Å². The molecule has 0 amide bonds. The second-order valence-electron chi connectivity index (χ2n) is 7.03. The SMILES string of the molecule is CC1(C)OB(c2scnc2C2CCCCC2)OC1(C)C. The third-order valence-corrected chi connectivity index (χ3v) is 5.95. The number of hydrogen-bond acceptors (Lipinski definition) is 4. The standard InChI is InChI=1S/C15H24BNO2S/c1-14(2)15(3,4)19-16(18-14)13-12(17-10-20-13)11-8-6-5-7-9-11/h10-11H,5-9H2,1-4H3. The van der Waals surface area contributed by atoms with Gasteiger partial charge in [0.1, 0.15) is 0 Å². The van der Waals surface area contributed by atoms with E-state index in [1.54, 1.807) is 11.3 Å². The van der Waals surface area contributed by atoms with Gasteiger partial charge in [-0.15, -0.1) is 11.3 Å². The van der Waals surface area contributed by atoms with E-state index in [1.807, 2.05) is 5.51 Å². The lowest BCUT2D eigenvalue weighted by atomic mass is 9.79. The molecule has 2 fully saturated rings. The number of aromatic nitrogens is 1. The molecule has 0 atom stereocenters. The minimum atomic E-state index is -0.272. The zero-order valence-electron chi connectivity index (χ0n) is 12.9. The molecule has 3 nitrogen and oxygen atoms in total. The van der Waals surface area contributed by atoms with Crippen LogP contribution in [0.15, 0.2) is 5.51 Å². The van der Waals surface area contributed by atoms with Crippen LogP contribution in [0, 0.1) is 0 Å². The Morgan fingerprint density at radius 1 is 1.10 bits per heavy atom. The molecule has 110 valence electrons. The molecule has 0 N–H and O–H groups in total. The first-order chi connectivity index (χ1) is 9.41. The Bertz CT molecular complexity index is 464. The molecule has 0 radical (unpaired) electrons. The highest BCUT2D eigenvalue weighted by Crippen LogP contribution is 2.38. The molecule has 1 aromatic heterocycles. The summed E-state index contributed by atoms with van der Waals surface area (Å²) in [7, 11) is -0.246. The quantitative estimate of drug-likeness (QED) is 0.782. The summed E-state index contributed by atoms with van der Waals surface area (Å²) < 4.78 is 13.6. The number of rotatable bonds is 2. The van der Waals surface area contributed by atoms with Crippen LogP contribution in [0.1, 0.15) is 71.4 Å². The van der Waals surface area contributed by atoms with Crippen LogP contribution >= 0.6 is 11.3 Å². The molecule has 5 heteroatoms. The fourth-order valence-corrected chi connectivity index (χ4v) is 3.90. The normalized spacial score (nSPS) is 26.1. The topological polar surface area (TPSA) is 31.4 Å². The summed E-state index contributed by atoms with van der Waals surface area (Å²) in [6.07, 6.45) is 6.54. The smallest absolute Gasteiger partial charge is 0.399 e. The summed E-state index contributed by atoms with van der Waals surface area (Å²) in [5.74, 6) is 0.601. The predicted molar refractivity (Wildman–Crippen MR) is 83.7 cm³/mol. The van der Waals surface area contributed by atoms with Gasteiger partial charge in [0, 0.05) is 5.92 Å². The molecule has 1 aromatic rings. The lowest BCUT2D eigenvalue weighted by Crippen LogP contribution is -2.41. The highest BCUT2D eigenvalue weighted by molar-refractivity contribution is 7.20. The van der Waals surface area contributed by atoms with E-state index < -0.39 is 0 Å². The molecule has 0 aromatic carbocycles. The molecule has 1 saturated heterocycles. The van der Waals surface area contributed by atoms with Crippen molar-refractivity contribution in [2.24, 2.45) is 0 Å². The van der Waals surface area contributed by atoms with E-state index in [1.165, 1.54) is 42.6 Å². The number of nitrogens with zero attached hydrogens (tertiary/aromatic N) is 1. The van der Waals surface area contributed by atoms with E-state index in [-0.39, 0.29) is 18.3 Å². The molecule has 2 heterocycles. The molecule has 0 spiro atoms. The molecule has 3 rings (SSSR count). The molecular formula is C15H24BNO2S. The monoisotopic (exact) mass is 293 g/mol. The highest BCUT2D eigenvalue weighted by Gasteiger charge is 2.53. The van der Waals surface area contributed by atoms with Crippen LogP contribution in [-0.4, -0.2) is 23.3 Å². The van der Waals surface area contributed by atoms with Crippen molar-refractivity contribution in [1.29, 1.82) is 0 Å². The molecular weight excluding hydrogens is 269 g/mol. The van der Waals surface area contributed by atoms with Crippen LogP contribution in [0.4, 0.5) is 0 Å².